The number of amides is 1. The third kappa shape index (κ3) is 3.47. The number of ether oxygens (including phenoxy) is 1. The Balaban J connectivity index is 2.33. The zero-order chi connectivity index (χ0) is 11.5. The Morgan fingerprint density at radius 3 is 2.73 bits per heavy atom. The van der Waals surface area contributed by atoms with Gasteiger partial charge in [0, 0.05) is 12.6 Å². The third-order valence-corrected chi connectivity index (χ3v) is 2.86. The second-order valence-electron chi connectivity index (χ2n) is 4.59. The molecule has 0 radical (unpaired) electrons. The lowest BCUT2D eigenvalue weighted by atomic mass is 9.96. The zero-order valence-corrected chi connectivity index (χ0v) is 9.88. The Morgan fingerprint density at radius 1 is 1.67 bits per heavy atom. The predicted octanol–water partition coefficient (Wildman–Crippen LogP) is 0.655. The van der Waals surface area contributed by atoms with E-state index < -0.39 is 5.54 Å². The number of hydrogen-bond donors (Lipinski definition) is 2. The van der Waals surface area contributed by atoms with Crippen LogP contribution in [0.2, 0.25) is 0 Å². The molecule has 4 heteroatoms. The maximum Gasteiger partial charge on any atom is 0.240 e. The summed E-state index contributed by atoms with van der Waals surface area (Å²) >= 11 is 0. The maximum absolute atomic E-state index is 11.8. The van der Waals surface area contributed by atoms with Crippen LogP contribution in [-0.2, 0) is 9.53 Å². The van der Waals surface area contributed by atoms with Gasteiger partial charge in [-0.15, -0.1) is 0 Å². The van der Waals surface area contributed by atoms with Gasteiger partial charge in [0.05, 0.1) is 12.1 Å². The minimum Gasteiger partial charge on any atom is -0.380 e. The van der Waals surface area contributed by atoms with Crippen LogP contribution in [0.4, 0.5) is 0 Å². The number of nitrogens with one attached hydrogen (secondary N) is 1. The van der Waals surface area contributed by atoms with Crippen molar-refractivity contribution in [3.8, 4) is 0 Å². The standard InChI is InChI=1S/C11H22N2O2/c1-4-15-7-8(2)13-10(14)11(3,12)9-5-6-9/h8-9H,4-7,12H2,1-3H3,(H,13,14). The largest absolute Gasteiger partial charge is 0.380 e. The van der Waals surface area contributed by atoms with Gasteiger partial charge in [0.15, 0.2) is 0 Å². The first kappa shape index (κ1) is 12.5. The van der Waals surface area contributed by atoms with Gasteiger partial charge in [-0.25, -0.2) is 0 Å². The average molecular weight is 214 g/mol. The molecule has 0 aliphatic heterocycles. The Hall–Kier alpha value is -0.610. The summed E-state index contributed by atoms with van der Waals surface area (Å²) in [7, 11) is 0. The lowest BCUT2D eigenvalue weighted by Crippen LogP contribution is -2.55. The van der Waals surface area contributed by atoms with Crippen LogP contribution in [0.1, 0.15) is 33.6 Å². The molecule has 3 N–H and O–H groups in total. The van der Waals surface area contributed by atoms with Crippen molar-refractivity contribution in [1.29, 1.82) is 0 Å². The fourth-order valence-corrected chi connectivity index (χ4v) is 1.58. The molecular formula is C11H22N2O2. The number of nitrogens with two attached hydrogens (primary N) is 1. The normalized spacial score (nSPS) is 21.9. The highest BCUT2D eigenvalue weighted by molar-refractivity contribution is 5.86. The summed E-state index contributed by atoms with van der Waals surface area (Å²) in [6, 6.07) is 0.0269. The lowest BCUT2D eigenvalue weighted by Gasteiger charge is -2.25. The summed E-state index contributed by atoms with van der Waals surface area (Å²) < 4.78 is 5.23. The van der Waals surface area contributed by atoms with Crippen molar-refractivity contribution in [2.24, 2.45) is 11.7 Å². The molecular weight excluding hydrogens is 192 g/mol. The topological polar surface area (TPSA) is 64.3 Å². The highest BCUT2D eigenvalue weighted by Gasteiger charge is 2.44. The highest BCUT2D eigenvalue weighted by atomic mass is 16.5. The van der Waals surface area contributed by atoms with Crippen LogP contribution in [0.3, 0.4) is 0 Å². The maximum atomic E-state index is 11.8. The van der Waals surface area contributed by atoms with Gasteiger partial charge in [-0.1, -0.05) is 0 Å². The minimum atomic E-state index is -0.708. The molecule has 88 valence electrons. The smallest absolute Gasteiger partial charge is 0.240 e. The zero-order valence-electron chi connectivity index (χ0n) is 9.88. The Bertz CT molecular complexity index is 225. The monoisotopic (exact) mass is 214 g/mol. The Morgan fingerprint density at radius 2 is 2.27 bits per heavy atom. The molecule has 1 aliphatic rings. The molecule has 1 saturated carbocycles. The molecule has 0 aromatic heterocycles. The first-order valence-corrected chi connectivity index (χ1v) is 5.66. The van der Waals surface area contributed by atoms with Crippen molar-refractivity contribution in [2.45, 2.75) is 45.2 Å². The van der Waals surface area contributed by atoms with Gasteiger partial charge in [0.1, 0.15) is 0 Å². The van der Waals surface area contributed by atoms with E-state index in [-0.39, 0.29) is 11.9 Å². The molecule has 0 aromatic carbocycles. The average Bonchev–Trinajstić information content (AvgIpc) is 2.97. The van der Waals surface area contributed by atoms with Crippen LogP contribution < -0.4 is 11.1 Å². The van der Waals surface area contributed by atoms with Gasteiger partial charge < -0.3 is 15.8 Å². The van der Waals surface area contributed by atoms with Gasteiger partial charge in [-0.2, -0.15) is 0 Å². The summed E-state index contributed by atoms with van der Waals surface area (Å²) in [4.78, 5) is 11.8. The van der Waals surface area contributed by atoms with Crippen molar-refractivity contribution in [3.05, 3.63) is 0 Å². The Labute approximate surface area is 91.5 Å². The van der Waals surface area contributed by atoms with E-state index >= 15 is 0 Å². The second kappa shape index (κ2) is 4.94. The third-order valence-electron chi connectivity index (χ3n) is 2.86. The molecule has 1 fully saturated rings. The van der Waals surface area contributed by atoms with E-state index in [0.29, 0.717) is 19.1 Å². The molecule has 2 unspecified atom stereocenters. The quantitative estimate of drug-likeness (QED) is 0.682. The predicted molar refractivity (Wildman–Crippen MR) is 59.4 cm³/mol. The van der Waals surface area contributed by atoms with Crippen molar-refractivity contribution in [2.75, 3.05) is 13.2 Å². The molecule has 0 bridgehead atoms. The molecule has 1 aliphatic carbocycles. The van der Waals surface area contributed by atoms with E-state index in [9.17, 15) is 4.79 Å². The fourth-order valence-electron chi connectivity index (χ4n) is 1.58. The summed E-state index contributed by atoms with van der Waals surface area (Å²) in [5.41, 5.74) is 5.28. The molecule has 1 amide bonds. The number of carbonyl (C=O) groups is 1. The van der Waals surface area contributed by atoms with Gasteiger partial charge in [-0.05, 0) is 39.5 Å². The molecule has 2 atom stereocenters. The summed E-state index contributed by atoms with van der Waals surface area (Å²) in [5, 5.41) is 2.89. The van der Waals surface area contributed by atoms with Crippen molar-refractivity contribution >= 4 is 5.91 Å². The van der Waals surface area contributed by atoms with Gasteiger partial charge in [0.25, 0.3) is 0 Å². The van der Waals surface area contributed by atoms with Crippen LogP contribution in [0.5, 0.6) is 0 Å². The summed E-state index contributed by atoms with van der Waals surface area (Å²) in [6.45, 7) is 6.89. The first-order valence-electron chi connectivity index (χ1n) is 5.66. The molecule has 0 saturated heterocycles. The highest BCUT2D eigenvalue weighted by Crippen LogP contribution is 2.38. The fraction of sp³-hybridized carbons (Fsp3) is 0.909. The lowest BCUT2D eigenvalue weighted by molar-refractivity contribution is -0.127. The van der Waals surface area contributed by atoms with Crippen molar-refractivity contribution in [1.82, 2.24) is 5.32 Å². The van der Waals surface area contributed by atoms with E-state index in [2.05, 4.69) is 5.32 Å². The van der Waals surface area contributed by atoms with Crippen molar-refractivity contribution in [3.63, 3.8) is 0 Å². The van der Waals surface area contributed by atoms with E-state index in [0.717, 1.165) is 12.8 Å². The SMILES string of the molecule is CCOCC(C)NC(=O)C(C)(N)C1CC1. The first-order chi connectivity index (χ1) is 6.98. The van der Waals surface area contributed by atoms with Crippen LogP contribution in [-0.4, -0.2) is 30.7 Å². The molecule has 4 nitrogen and oxygen atoms in total. The van der Waals surface area contributed by atoms with E-state index in [1.807, 2.05) is 20.8 Å². The number of hydrogen-bond acceptors (Lipinski definition) is 3. The van der Waals surface area contributed by atoms with Crippen LogP contribution in [0.25, 0.3) is 0 Å². The molecule has 0 heterocycles. The second-order valence-corrected chi connectivity index (χ2v) is 4.59. The molecule has 1 rings (SSSR count). The van der Waals surface area contributed by atoms with Gasteiger partial charge in [-0.3, -0.25) is 4.79 Å². The van der Waals surface area contributed by atoms with Crippen LogP contribution >= 0.6 is 0 Å². The Kier molecular flexibility index (Phi) is 4.11. The van der Waals surface area contributed by atoms with Crippen LogP contribution in [0, 0.1) is 5.92 Å². The molecule has 15 heavy (non-hydrogen) atoms. The van der Waals surface area contributed by atoms with Crippen molar-refractivity contribution < 1.29 is 9.53 Å². The summed E-state index contributed by atoms with van der Waals surface area (Å²) in [6.07, 6.45) is 2.14. The molecule has 0 spiro atoms. The van der Waals surface area contributed by atoms with Gasteiger partial charge in [0.2, 0.25) is 5.91 Å². The molecule has 0 aromatic rings. The van der Waals surface area contributed by atoms with E-state index in [4.69, 9.17) is 10.5 Å². The van der Waals surface area contributed by atoms with E-state index in [1.165, 1.54) is 0 Å². The number of carbonyl (C=O) groups excluding carboxylic acids is 1. The van der Waals surface area contributed by atoms with Gasteiger partial charge >= 0.3 is 0 Å². The minimum absolute atomic E-state index is 0.0269. The summed E-state index contributed by atoms with van der Waals surface area (Å²) in [5.74, 6) is 0.300. The number of rotatable bonds is 6. The van der Waals surface area contributed by atoms with Crippen LogP contribution in [0.15, 0.2) is 0 Å². The van der Waals surface area contributed by atoms with E-state index in [1.54, 1.807) is 0 Å².